The second-order valence-corrected chi connectivity index (χ2v) is 8.14. The second kappa shape index (κ2) is 6.97. The van der Waals surface area contributed by atoms with Gasteiger partial charge in [0.2, 0.25) is 10.0 Å². The van der Waals surface area contributed by atoms with Crippen molar-refractivity contribution in [2.24, 2.45) is 0 Å². The Kier molecular flexibility index (Phi) is 5.61. The monoisotopic (exact) mass is 360 g/mol. The third kappa shape index (κ3) is 3.22. The first-order valence-electron chi connectivity index (χ1n) is 7.84. The van der Waals surface area contributed by atoms with Crippen molar-refractivity contribution in [3.63, 3.8) is 0 Å². The SMILES string of the molecule is COc1c(C)cc(C)cc1S(=O)(=O)N1C2CCNCC1CC2.Cl. The van der Waals surface area contributed by atoms with Crippen LogP contribution in [0.5, 0.6) is 5.75 Å². The van der Waals surface area contributed by atoms with Crippen molar-refractivity contribution in [1.29, 1.82) is 0 Å². The van der Waals surface area contributed by atoms with Gasteiger partial charge in [0.15, 0.2) is 0 Å². The van der Waals surface area contributed by atoms with Crippen molar-refractivity contribution in [1.82, 2.24) is 9.62 Å². The van der Waals surface area contributed by atoms with E-state index in [-0.39, 0.29) is 24.5 Å². The fourth-order valence-corrected chi connectivity index (χ4v) is 6.03. The van der Waals surface area contributed by atoms with E-state index in [0.29, 0.717) is 10.6 Å². The highest BCUT2D eigenvalue weighted by Gasteiger charge is 2.44. The topological polar surface area (TPSA) is 58.6 Å². The first kappa shape index (κ1) is 18.5. The van der Waals surface area contributed by atoms with Gasteiger partial charge in [-0.1, -0.05) is 6.07 Å². The van der Waals surface area contributed by atoms with E-state index in [0.717, 1.165) is 43.5 Å². The van der Waals surface area contributed by atoms with E-state index >= 15 is 0 Å². The molecular weight excluding hydrogens is 336 g/mol. The largest absolute Gasteiger partial charge is 0.495 e. The smallest absolute Gasteiger partial charge is 0.247 e. The van der Waals surface area contributed by atoms with Crippen molar-refractivity contribution in [3.05, 3.63) is 23.3 Å². The maximum Gasteiger partial charge on any atom is 0.247 e. The van der Waals surface area contributed by atoms with E-state index in [1.54, 1.807) is 10.4 Å². The molecule has 130 valence electrons. The second-order valence-electron chi connectivity index (χ2n) is 6.33. The lowest BCUT2D eigenvalue weighted by Crippen LogP contribution is -2.42. The van der Waals surface area contributed by atoms with Gasteiger partial charge in [0.05, 0.1) is 7.11 Å². The third-order valence-electron chi connectivity index (χ3n) is 4.73. The number of sulfonamides is 1. The molecule has 0 aliphatic carbocycles. The van der Waals surface area contributed by atoms with Gasteiger partial charge in [-0.05, 0) is 56.8 Å². The molecule has 2 aliphatic heterocycles. The van der Waals surface area contributed by atoms with Crippen molar-refractivity contribution < 1.29 is 13.2 Å². The van der Waals surface area contributed by atoms with Crippen molar-refractivity contribution in [2.75, 3.05) is 20.2 Å². The number of benzene rings is 1. The maximum atomic E-state index is 13.3. The van der Waals surface area contributed by atoms with Gasteiger partial charge in [-0.15, -0.1) is 12.4 Å². The number of methoxy groups -OCH3 is 1. The molecule has 2 aliphatic rings. The molecule has 1 aromatic rings. The number of hydrogen-bond acceptors (Lipinski definition) is 4. The van der Waals surface area contributed by atoms with Crippen LogP contribution in [0.2, 0.25) is 0 Å². The van der Waals surface area contributed by atoms with Crippen molar-refractivity contribution >= 4 is 22.4 Å². The molecule has 2 saturated heterocycles. The summed E-state index contributed by atoms with van der Waals surface area (Å²) in [5.41, 5.74) is 1.80. The van der Waals surface area contributed by atoms with Crippen LogP contribution < -0.4 is 10.1 Å². The van der Waals surface area contributed by atoms with Crippen LogP contribution in [0.3, 0.4) is 0 Å². The normalized spacial score (nSPS) is 24.8. The molecule has 0 saturated carbocycles. The Morgan fingerprint density at radius 2 is 1.87 bits per heavy atom. The number of ether oxygens (including phenoxy) is 1. The molecule has 2 atom stereocenters. The molecule has 2 heterocycles. The number of aryl methyl sites for hydroxylation is 2. The Bertz CT molecular complexity index is 664. The van der Waals surface area contributed by atoms with Gasteiger partial charge < -0.3 is 10.1 Å². The first-order valence-corrected chi connectivity index (χ1v) is 9.28. The molecule has 2 fully saturated rings. The van der Waals surface area contributed by atoms with Crippen molar-refractivity contribution in [2.45, 2.75) is 50.1 Å². The number of nitrogens with zero attached hydrogens (tertiary/aromatic N) is 1. The highest BCUT2D eigenvalue weighted by Crippen LogP contribution is 2.38. The Morgan fingerprint density at radius 3 is 2.57 bits per heavy atom. The highest BCUT2D eigenvalue weighted by atomic mass is 35.5. The molecule has 23 heavy (non-hydrogen) atoms. The predicted octanol–water partition coefficient (Wildman–Crippen LogP) is 2.25. The average molecular weight is 361 g/mol. The van der Waals surface area contributed by atoms with Crippen LogP contribution in [-0.2, 0) is 10.0 Å². The Labute approximate surface area is 144 Å². The molecule has 2 bridgehead atoms. The van der Waals surface area contributed by atoms with Gasteiger partial charge in [0, 0.05) is 18.6 Å². The van der Waals surface area contributed by atoms with Crippen LogP contribution in [0, 0.1) is 13.8 Å². The zero-order valence-corrected chi connectivity index (χ0v) is 15.5. The number of hydrogen-bond donors (Lipinski definition) is 1. The van der Waals surface area contributed by atoms with E-state index in [9.17, 15) is 8.42 Å². The summed E-state index contributed by atoms with van der Waals surface area (Å²) >= 11 is 0. The number of rotatable bonds is 3. The van der Waals surface area contributed by atoms with Crippen LogP contribution in [0.1, 0.15) is 30.4 Å². The molecule has 1 aromatic carbocycles. The lowest BCUT2D eigenvalue weighted by atomic mass is 10.1. The van der Waals surface area contributed by atoms with E-state index in [2.05, 4.69) is 5.32 Å². The summed E-state index contributed by atoms with van der Waals surface area (Å²) in [5, 5.41) is 3.35. The lowest BCUT2D eigenvalue weighted by molar-refractivity contribution is 0.330. The zero-order chi connectivity index (χ0) is 15.9. The highest BCUT2D eigenvalue weighted by molar-refractivity contribution is 7.89. The van der Waals surface area contributed by atoms with E-state index in [4.69, 9.17) is 4.74 Å². The van der Waals surface area contributed by atoms with Gasteiger partial charge in [-0.2, -0.15) is 4.31 Å². The number of fused-ring (bicyclic) bond motifs is 2. The molecule has 7 heteroatoms. The summed E-state index contributed by atoms with van der Waals surface area (Å²) in [6.07, 6.45) is 2.77. The predicted molar refractivity (Wildman–Crippen MR) is 93.0 cm³/mol. The van der Waals surface area contributed by atoms with E-state index in [1.165, 1.54) is 7.11 Å². The molecule has 1 N–H and O–H groups in total. The maximum absolute atomic E-state index is 13.3. The summed E-state index contributed by atoms with van der Waals surface area (Å²) < 4.78 is 33.8. The Hall–Kier alpha value is -0.820. The molecule has 0 radical (unpaired) electrons. The summed E-state index contributed by atoms with van der Waals surface area (Å²) in [7, 11) is -2.00. The van der Waals surface area contributed by atoms with Crippen LogP contribution >= 0.6 is 12.4 Å². The third-order valence-corrected chi connectivity index (χ3v) is 6.74. The standard InChI is InChI=1S/C16H24N2O3S.ClH/c1-11-8-12(2)16(21-3)15(9-11)22(19,20)18-13-4-5-14(18)10-17-7-6-13;/h8-9,13-14,17H,4-7,10H2,1-3H3;1H. The molecular formula is C16H25ClN2O3S. The fourth-order valence-electron chi connectivity index (χ4n) is 3.81. The van der Waals surface area contributed by atoms with E-state index in [1.807, 2.05) is 19.9 Å². The minimum atomic E-state index is -3.54. The van der Waals surface area contributed by atoms with Crippen LogP contribution in [-0.4, -0.2) is 45.0 Å². The summed E-state index contributed by atoms with van der Waals surface area (Å²) in [6.45, 7) is 5.44. The molecule has 0 amide bonds. The van der Waals surface area contributed by atoms with Crippen molar-refractivity contribution in [3.8, 4) is 5.75 Å². The Balaban J connectivity index is 0.00000192. The zero-order valence-electron chi connectivity index (χ0n) is 13.8. The Morgan fingerprint density at radius 1 is 1.17 bits per heavy atom. The summed E-state index contributed by atoms with van der Waals surface area (Å²) in [4.78, 5) is 0.311. The fraction of sp³-hybridized carbons (Fsp3) is 0.625. The minimum Gasteiger partial charge on any atom is -0.495 e. The first-order chi connectivity index (χ1) is 10.4. The van der Waals surface area contributed by atoms with Gasteiger partial charge >= 0.3 is 0 Å². The van der Waals surface area contributed by atoms with Gasteiger partial charge in [-0.3, -0.25) is 0 Å². The van der Waals surface area contributed by atoms with Gasteiger partial charge in [-0.25, -0.2) is 8.42 Å². The average Bonchev–Trinajstić information content (AvgIpc) is 2.72. The molecule has 3 rings (SSSR count). The number of nitrogens with one attached hydrogen (secondary N) is 1. The van der Waals surface area contributed by atoms with E-state index < -0.39 is 10.0 Å². The molecule has 0 spiro atoms. The minimum absolute atomic E-state index is 0. The van der Waals surface area contributed by atoms with Gasteiger partial charge in [0.25, 0.3) is 0 Å². The molecule has 5 nitrogen and oxygen atoms in total. The molecule has 0 aromatic heterocycles. The van der Waals surface area contributed by atoms with Crippen LogP contribution in [0.4, 0.5) is 0 Å². The van der Waals surface area contributed by atoms with Crippen LogP contribution in [0.25, 0.3) is 0 Å². The molecule has 2 unspecified atom stereocenters. The van der Waals surface area contributed by atoms with Gasteiger partial charge in [0.1, 0.15) is 10.6 Å². The summed E-state index contributed by atoms with van der Waals surface area (Å²) in [6, 6.07) is 3.86. The quantitative estimate of drug-likeness (QED) is 0.898. The van der Waals surface area contributed by atoms with Crippen LogP contribution in [0.15, 0.2) is 17.0 Å². The summed E-state index contributed by atoms with van der Waals surface area (Å²) in [5.74, 6) is 0.474. The lowest BCUT2D eigenvalue weighted by Gasteiger charge is -2.28. The number of halogens is 1.